The third kappa shape index (κ3) is 7.83. The largest absolute Gasteiger partial charge is 0.493 e. The van der Waals surface area contributed by atoms with Gasteiger partial charge in [0.05, 0.1) is 6.61 Å². The third-order valence-corrected chi connectivity index (χ3v) is 4.25. The van der Waals surface area contributed by atoms with Crippen LogP contribution in [-0.4, -0.2) is 24.3 Å². The van der Waals surface area contributed by atoms with Gasteiger partial charge in [-0.2, -0.15) is 0 Å². The maximum atomic E-state index is 12.1. The quantitative estimate of drug-likeness (QED) is 0.454. The van der Waals surface area contributed by atoms with Crippen LogP contribution in [0.5, 0.6) is 5.75 Å². The fourth-order valence-electron chi connectivity index (χ4n) is 2.45. The summed E-state index contributed by atoms with van der Waals surface area (Å²) in [5.74, 6) is -0.122. The van der Waals surface area contributed by atoms with E-state index in [1.807, 2.05) is 13.0 Å². The van der Waals surface area contributed by atoms with E-state index in [4.69, 9.17) is 16.3 Å². The fraction of sp³-hybridized carbons (Fsp3) is 0.286. The van der Waals surface area contributed by atoms with Gasteiger partial charge in [0.1, 0.15) is 5.75 Å². The lowest BCUT2D eigenvalue weighted by molar-refractivity contribution is -0.122. The molecule has 0 aromatic heterocycles. The Balaban J connectivity index is 1.67. The van der Waals surface area contributed by atoms with Gasteiger partial charge >= 0.3 is 0 Å². The van der Waals surface area contributed by atoms with Crippen LogP contribution in [0.25, 0.3) is 0 Å². The molecule has 0 fully saturated rings. The average Bonchev–Trinajstić information content (AvgIpc) is 2.69. The number of benzene rings is 2. The van der Waals surface area contributed by atoms with E-state index in [0.717, 1.165) is 16.9 Å². The minimum absolute atomic E-state index is 0.122. The van der Waals surface area contributed by atoms with Crippen molar-refractivity contribution < 1.29 is 19.1 Å². The zero-order valence-corrected chi connectivity index (χ0v) is 17.1. The van der Waals surface area contributed by atoms with Gasteiger partial charge in [-0.1, -0.05) is 23.7 Å². The highest BCUT2D eigenvalue weighted by Gasteiger charge is 2.08. The molecule has 0 atom stereocenters. The molecule has 0 bridgehead atoms. The number of nitrogens with one attached hydrogen (secondary N) is 3. The predicted octanol–water partition coefficient (Wildman–Crippen LogP) is 2.90. The summed E-state index contributed by atoms with van der Waals surface area (Å²) in [5, 5.41) is 3.32. The van der Waals surface area contributed by atoms with Gasteiger partial charge in [0, 0.05) is 30.5 Å². The fourth-order valence-corrected chi connectivity index (χ4v) is 2.68. The van der Waals surface area contributed by atoms with Crippen LogP contribution in [0.1, 0.15) is 41.3 Å². The van der Waals surface area contributed by atoms with Crippen molar-refractivity contribution in [3.8, 4) is 5.75 Å². The number of ether oxygens (including phenoxy) is 1. The monoisotopic (exact) mass is 417 g/mol. The predicted molar refractivity (Wildman–Crippen MR) is 110 cm³/mol. The van der Waals surface area contributed by atoms with Gasteiger partial charge in [0.15, 0.2) is 0 Å². The second kappa shape index (κ2) is 11.1. The summed E-state index contributed by atoms with van der Waals surface area (Å²) >= 11 is 5.90. The maximum absolute atomic E-state index is 12.1. The van der Waals surface area contributed by atoms with Crippen LogP contribution in [0.15, 0.2) is 42.5 Å². The van der Waals surface area contributed by atoms with Gasteiger partial charge in [0.2, 0.25) is 11.8 Å². The summed E-state index contributed by atoms with van der Waals surface area (Å²) < 4.78 is 5.63. The number of amides is 3. The van der Waals surface area contributed by atoms with Gasteiger partial charge in [-0.25, -0.2) is 0 Å². The van der Waals surface area contributed by atoms with E-state index >= 15 is 0 Å². The first-order valence-corrected chi connectivity index (χ1v) is 9.54. The molecule has 2 rings (SSSR count). The van der Waals surface area contributed by atoms with E-state index in [0.29, 0.717) is 30.2 Å². The number of rotatable bonds is 8. The number of halogens is 1. The molecular weight excluding hydrogens is 394 g/mol. The van der Waals surface area contributed by atoms with Gasteiger partial charge in [-0.05, 0) is 54.8 Å². The van der Waals surface area contributed by atoms with Gasteiger partial charge in [-0.15, -0.1) is 0 Å². The molecule has 7 nitrogen and oxygen atoms in total. The summed E-state index contributed by atoms with van der Waals surface area (Å²) in [6.45, 7) is 4.11. The molecule has 2 aromatic rings. The number of aryl methyl sites for hydroxylation is 1. The third-order valence-electron chi connectivity index (χ3n) is 4.02. The van der Waals surface area contributed by atoms with Gasteiger partial charge in [-0.3, -0.25) is 25.2 Å². The van der Waals surface area contributed by atoms with Crippen molar-refractivity contribution in [2.24, 2.45) is 0 Å². The van der Waals surface area contributed by atoms with Crippen molar-refractivity contribution in [1.82, 2.24) is 16.2 Å². The molecule has 2 aromatic carbocycles. The molecule has 0 aliphatic carbocycles. The van der Waals surface area contributed by atoms with Crippen molar-refractivity contribution in [3.05, 3.63) is 64.2 Å². The zero-order chi connectivity index (χ0) is 21.2. The molecule has 0 aliphatic heterocycles. The summed E-state index contributed by atoms with van der Waals surface area (Å²) in [4.78, 5) is 34.8. The molecule has 0 aliphatic rings. The molecular formula is C21H24ClN3O4. The summed E-state index contributed by atoms with van der Waals surface area (Å²) in [6, 6.07) is 12.1. The van der Waals surface area contributed by atoms with E-state index in [2.05, 4.69) is 16.2 Å². The maximum Gasteiger partial charge on any atom is 0.269 e. The molecule has 154 valence electrons. The molecule has 3 amide bonds. The number of hydrazine groups is 1. The Hall–Kier alpha value is -3.06. The Kier molecular flexibility index (Phi) is 8.48. The highest BCUT2D eigenvalue weighted by atomic mass is 35.5. The van der Waals surface area contributed by atoms with Crippen LogP contribution in [0, 0.1) is 6.92 Å². The zero-order valence-electron chi connectivity index (χ0n) is 16.4. The van der Waals surface area contributed by atoms with Crippen molar-refractivity contribution in [2.75, 3.05) is 6.61 Å². The minimum atomic E-state index is -0.419. The van der Waals surface area contributed by atoms with E-state index < -0.39 is 5.91 Å². The van der Waals surface area contributed by atoms with Crippen LogP contribution in [0.2, 0.25) is 5.02 Å². The van der Waals surface area contributed by atoms with E-state index in [9.17, 15) is 14.4 Å². The smallest absolute Gasteiger partial charge is 0.269 e. The van der Waals surface area contributed by atoms with Gasteiger partial charge < -0.3 is 10.1 Å². The lowest BCUT2D eigenvalue weighted by Gasteiger charge is -2.10. The molecule has 29 heavy (non-hydrogen) atoms. The number of hydrogen-bond acceptors (Lipinski definition) is 4. The highest BCUT2D eigenvalue weighted by Crippen LogP contribution is 2.21. The lowest BCUT2D eigenvalue weighted by Crippen LogP contribution is -2.41. The first kappa shape index (κ1) is 22.2. The summed E-state index contributed by atoms with van der Waals surface area (Å²) in [6.07, 6.45) is 0.712. The summed E-state index contributed by atoms with van der Waals surface area (Å²) in [7, 11) is 0. The molecule has 3 N–H and O–H groups in total. The number of carbonyl (C=O) groups excluding carboxylic acids is 3. The van der Waals surface area contributed by atoms with Crippen LogP contribution < -0.4 is 20.9 Å². The Morgan fingerprint density at radius 3 is 2.41 bits per heavy atom. The molecule has 0 heterocycles. The SMILES string of the molecule is CC(=O)NCc1ccc(C(=O)NNC(=O)CCCOc2ccc(Cl)cc2C)cc1. The van der Waals surface area contributed by atoms with E-state index in [1.165, 1.54) is 6.92 Å². The van der Waals surface area contributed by atoms with Crippen LogP contribution in [0.3, 0.4) is 0 Å². The first-order chi connectivity index (χ1) is 13.8. The molecule has 0 saturated carbocycles. The lowest BCUT2D eigenvalue weighted by atomic mass is 10.1. The topological polar surface area (TPSA) is 96.5 Å². The Morgan fingerprint density at radius 1 is 1.03 bits per heavy atom. The molecule has 8 heteroatoms. The highest BCUT2D eigenvalue weighted by molar-refractivity contribution is 6.30. The number of carbonyl (C=O) groups is 3. The van der Waals surface area contributed by atoms with Crippen molar-refractivity contribution in [2.45, 2.75) is 33.2 Å². The standard InChI is InChI=1S/C21H24ClN3O4/c1-14-12-18(22)9-10-19(14)29-11-3-4-20(27)24-25-21(28)17-7-5-16(6-8-17)13-23-15(2)26/h5-10,12H,3-4,11,13H2,1-2H3,(H,23,26)(H,24,27)(H,25,28). The van der Waals surface area contributed by atoms with Crippen molar-refractivity contribution in [1.29, 1.82) is 0 Å². The van der Waals surface area contributed by atoms with Crippen LogP contribution in [0.4, 0.5) is 0 Å². The van der Waals surface area contributed by atoms with Crippen LogP contribution in [-0.2, 0) is 16.1 Å². The minimum Gasteiger partial charge on any atom is -0.493 e. The molecule has 0 saturated heterocycles. The summed E-state index contributed by atoms with van der Waals surface area (Å²) in [5.41, 5.74) is 6.96. The molecule has 0 spiro atoms. The van der Waals surface area contributed by atoms with E-state index in [1.54, 1.807) is 36.4 Å². The Labute approximate surface area is 174 Å². The Bertz CT molecular complexity index is 869. The molecule has 0 radical (unpaired) electrons. The Morgan fingerprint density at radius 2 is 1.76 bits per heavy atom. The second-order valence-electron chi connectivity index (χ2n) is 6.47. The van der Waals surface area contributed by atoms with Crippen molar-refractivity contribution >= 4 is 29.3 Å². The average molecular weight is 418 g/mol. The van der Waals surface area contributed by atoms with E-state index in [-0.39, 0.29) is 18.2 Å². The second-order valence-corrected chi connectivity index (χ2v) is 6.91. The normalized spacial score (nSPS) is 10.2. The van der Waals surface area contributed by atoms with Crippen LogP contribution >= 0.6 is 11.6 Å². The number of hydrogen-bond donors (Lipinski definition) is 3. The van der Waals surface area contributed by atoms with Crippen molar-refractivity contribution in [3.63, 3.8) is 0 Å². The van der Waals surface area contributed by atoms with Gasteiger partial charge in [0.25, 0.3) is 5.91 Å². The first-order valence-electron chi connectivity index (χ1n) is 9.16. The molecule has 0 unspecified atom stereocenters.